The molecule has 2 N–H and O–H groups in total. The van der Waals surface area contributed by atoms with Gasteiger partial charge in [-0.2, -0.15) is 13.5 Å². The number of nitrogens with zero attached hydrogens (tertiary/aromatic N) is 2. The molecule has 1 heterocycles. The maximum absolute atomic E-state index is 12.7. The normalized spacial score (nSPS) is 14.3. The van der Waals surface area contributed by atoms with E-state index < -0.39 is 21.3 Å². The Labute approximate surface area is 248 Å². The summed E-state index contributed by atoms with van der Waals surface area (Å²) in [6.07, 6.45) is 22.1. The molecule has 0 saturated carbocycles. The number of carbonyl (C=O) groups is 2. The average Bonchev–Trinajstić information content (AvgIpc) is 3.27. The molecule has 0 bridgehead atoms. The van der Waals surface area contributed by atoms with Gasteiger partial charge in [0.15, 0.2) is 5.25 Å². The highest BCUT2D eigenvalue weighted by atomic mass is 32.2. The molecule has 1 aliphatic heterocycles. The molecular formula is C32H53N3O5S. The minimum absolute atomic E-state index is 0.0400. The van der Waals surface area contributed by atoms with Crippen LogP contribution in [0.1, 0.15) is 141 Å². The van der Waals surface area contributed by atoms with E-state index in [-0.39, 0.29) is 31.1 Å². The van der Waals surface area contributed by atoms with Crippen molar-refractivity contribution in [3.8, 4) is 0 Å². The molecule has 0 spiro atoms. The summed E-state index contributed by atoms with van der Waals surface area (Å²) >= 11 is 0. The van der Waals surface area contributed by atoms with Crippen LogP contribution in [0.5, 0.6) is 0 Å². The second-order valence-corrected chi connectivity index (χ2v) is 13.1. The number of rotatable bonds is 23. The molecule has 1 aromatic rings. The Morgan fingerprint density at radius 1 is 0.829 bits per heavy atom. The number of hydrazone groups is 1. The van der Waals surface area contributed by atoms with Gasteiger partial charge in [-0.05, 0) is 12.0 Å². The number of amides is 2. The van der Waals surface area contributed by atoms with Gasteiger partial charge in [-0.25, -0.2) is 5.01 Å². The van der Waals surface area contributed by atoms with Gasteiger partial charge in [0.05, 0.1) is 13.0 Å². The van der Waals surface area contributed by atoms with Gasteiger partial charge < -0.3 is 5.32 Å². The van der Waals surface area contributed by atoms with Crippen LogP contribution in [0, 0.1) is 0 Å². The molecule has 9 heteroatoms. The summed E-state index contributed by atoms with van der Waals surface area (Å²) in [5.41, 5.74) is 0.891. The molecule has 1 aromatic carbocycles. The molecule has 0 aliphatic carbocycles. The number of hydrogen-bond donors (Lipinski definition) is 2. The van der Waals surface area contributed by atoms with E-state index >= 15 is 0 Å². The van der Waals surface area contributed by atoms with E-state index in [1.165, 1.54) is 94.9 Å². The van der Waals surface area contributed by atoms with Gasteiger partial charge in [-0.1, -0.05) is 153 Å². The number of hydrogen-bond acceptors (Lipinski definition) is 5. The van der Waals surface area contributed by atoms with E-state index in [0.717, 1.165) is 24.8 Å². The first-order valence-electron chi connectivity index (χ1n) is 16.0. The van der Waals surface area contributed by atoms with Crippen molar-refractivity contribution in [1.29, 1.82) is 0 Å². The maximum Gasteiger partial charge on any atom is 0.276 e. The number of nitrogens with one attached hydrogen (secondary N) is 1. The predicted molar refractivity (Wildman–Crippen MR) is 166 cm³/mol. The fourth-order valence-corrected chi connectivity index (χ4v) is 6.08. The van der Waals surface area contributed by atoms with Gasteiger partial charge in [0, 0.05) is 0 Å². The predicted octanol–water partition coefficient (Wildman–Crippen LogP) is 7.54. The standard InChI is InChI=1S/C32H53N3O5S/c1-2-3-4-5-6-7-8-9-10-11-12-13-14-15-16-17-18-22-25-29(41(38,39)40)32(37)33-30-26-31(36)35(34-30)27-28-23-20-19-21-24-28/h19-21,23-24,29H,2-18,22,25-27H2,1H3,(H,33,34,37)(H,38,39,40). The number of amidine groups is 1. The van der Waals surface area contributed by atoms with Gasteiger partial charge in [0.2, 0.25) is 5.91 Å². The van der Waals surface area contributed by atoms with Crippen molar-refractivity contribution in [3.63, 3.8) is 0 Å². The second-order valence-electron chi connectivity index (χ2n) is 11.5. The smallest absolute Gasteiger partial charge is 0.276 e. The van der Waals surface area contributed by atoms with Crippen LogP contribution in [0.2, 0.25) is 0 Å². The van der Waals surface area contributed by atoms with E-state index in [0.29, 0.717) is 6.42 Å². The lowest BCUT2D eigenvalue weighted by Gasteiger charge is -2.13. The molecule has 2 amide bonds. The van der Waals surface area contributed by atoms with Crippen LogP contribution in [0.25, 0.3) is 0 Å². The summed E-state index contributed by atoms with van der Waals surface area (Å²) < 4.78 is 33.5. The summed E-state index contributed by atoms with van der Waals surface area (Å²) in [5.74, 6) is -1.02. The summed E-state index contributed by atoms with van der Waals surface area (Å²) in [6.45, 7) is 2.52. The molecule has 0 radical (unpaired) electrons. The van der Waals surface area contributed by atoms with E-state index in [2.05, 4.69) is 17.3 Å². The molecule has 1 unspecified atom stereocenters. The van der Waals surface area contributed by atoms with Crippen LogP contribution in [0.3, 0.4) is 0 Å². The third kappa shape index (κ3) is 15.5. The number of carbonyl (C=O) groups excluding carboxylic acids is 2. The molecule has 232 valence electrons. The highest BCUT2D eigenvalue weighted by Gasteiger charge is 2.33. The van der Waals surface area contributed by atoms with Gasteiger partial charge in [-0.3, -0.25) is 14.1 Å². The first kappa shape index (κ1) is 34.9. The minimum Gasteiger partial charge on any atom is -0.311 e. The Morgan fingerprint density at radius 2 is 1.29 bits per heavy atom. The van der Waals surface area contributed by atoms with Crippen LogP contribution in [-0.2, 0) is 26.3 Å². The van der Waals surface area contributed by atoms with E-state index in [4.69, 9.17) is 0 Å². The fourth-order valence-electron chi connectivity index (χ4n) is 5.29. The Morgan fingerprint density at radius 3 is 1.76 bits per heavy atom. The summed E-state index contributed by atoms with van der Waals surface area (Å²) in [4.78, 5) is 25.0. The Hall–Kier alpha value is -2.26. The second kappa shape index (κ2) is 20.6. The van der Waals surface area contributed by atoms with Crippen molar-refractivity contribution in [2.45, 2.75) is 147 Å². The minimum atomic E-state index is -4.57. The lowest BCUT2D eigenvalue weighted by molar-refractivity contribution is -0.129. The largest absolute Gasteiger partial charge is 0.311 e. The van der Waals surface area contributed by atoms with Crippen molar-refractivity contribution in [3.05, 3.63) is 35.9 Å². The van der Waals surface area contributed by atoms with Crippen molar-refractivity contribution >= 4 is 27.8 Å². The molecule has 41 heavy (non-hydrogen) atoms. The highest BCUT2D eigenvalue weighted by Crippen LogP contribution is 2.17. The number of unbranched alkanes of at least 4 members (excludes halogenated alkanes) is 17. The summed E-state index contributed by atoms with van der Waals surface area (Å²) in [6, 6.07) is 9.33. The van der Waals surface area contributed by atoms with Crippen molar-refractivity contribution in [2.24, 2.45) is 5.10 Å². The average molecular weight is 592 g/mol. The van der Waals surface area contributed by atoms with Crippen LogP contribution in [0.15, 0.2) is 35.4 Å². The van der Waals surface area contributed by atoms with Gasteiger partial charge in [0.1, 0.15) is 5.84 Å². The Balaban J connectivity index is 1.53. The third-order valence-corrected chi connectivity index (χ3v) is 8.93. The van der Waals surface area contributed by atoms with Gasteiger partial charge in [-0.15, -0.1) is 0 Å². The molecule has 1 atom stereocenters. The number of benzene rings is 1. The van der Waals surface area contributed by atoms with Crippen LogP contribution >= 0.6 is 0 Å². The zero-order valence-corrected chi connectivity index (χ0v) is 26.0. The van der Waals surface area contributed by atoms with Gasteiger partial charge in [0.25, 0.3) is 16.0 Å². The molecule has 1 aliphatic rings. The molecular weight excluding hydrogens is 538 g/mol. The zero-order chi connectivity index (χ0) is 29.8. The molecule has 8 nitrogen and oxygen atoms in total. The van der Waals surface area contributed by atoms with Crippen molar-refractivity contribution < 1.29 is 22.6 Å². The Kier molecular flexibility index (Phi) is 17.5. The molecule has 2 rings (SSSR count). The summed E-state index contributed by atoms with van der Waals surface area (Å²) in [5, 5.41) is 6.28. The quantitative estimate of drug-likeness (QED) is 0.101. The van der Waals surface area contributed by atoms with Crippen molar-refractivity contribution in [2.75, 3.05) is 0 Å². The maximum atomic E-state index is 12.7. The van der Waals surface area contributed by atoms with Crippen LogP contribution in [0.4, 0.5) is 0 Å². The Bertz CT molecular complexity index is 1010. The first-order valence-corrected chi connectivity index (χ1v) is 17.5. The third-order valence-electron chi connectivity index (χ3n) is 7.76. The van der Waals surface area contributed by atoms with E-state index in [9.17, 15) is 22.6 Å². The summed E-state index contributed by atoms with van der Waals surface area (Å²) in [7, 11) is -4.57. The molecule has 0 fully saturated rings. The van der Waals surface area contributed by atoms with Crippen LogP contribution < -0.4 is 5.32 Å². The fraction of sp³-hybridized carbons (Fsp3) is 0.719. The SMILES string of the molecule is CCCCCCCCCCCCCCCCCCCCC(C(=O)NC1=NN(Cc2ccccc2)C(=O)C1)S(=O)(=O)O. The van der Waals surface area contributed by atoms with E-state index in [1.54, 1.807) is 0 Å². The first-order chi connectivity index (χ1) is 19.8. The van der Waals surface area contributed by atoms with Crippen molar-refractivity contribution in [1.82, 2.24) is 10.3 Å². The monoisotopic (exact) mass is 591 g/mol. The van der Waals surface area contributed by atoms with Gasteiger partial charge >= 0.3 is 0 Å². The van der Waals surface area contributed by atoms with Crippen LogP contribution in [-0.4, -0.2) is 40.9 Å². The van der Waals surface area contributed by atoms with E-state index in [1.807, 2.05) is 30.3 Å². The lowest BCUT2D eigenvalue weighted by Crippen LogP contribution is -2.42. The highest BCUT2D eigenvalue weighted by molar-refractivity contribution is 7.87. The molecule has 0 aromatic heterocycles. The molecule has 0 saturated heterocycles. The topological polar surface area (TPSA) is 116 Å². The lowest BCUT2D eigenvalue weighted by atomic mass is 10.0. The zero-order valence-electron chi connectivity index (χ0n) is 25.2.